The van der Waals surface area contributed by atoms with Crippen LogP contribution in [0.3, 0.4) is 0 Å². The van der Waals surface area contributed by atoms with Crippen molar-refractivity contribution < 1.29 is 9.53 Å². The Hall–Kier alpha value is -0.950. The van der Waals surface area contributed by atoms with E-state index in [1.54, 1.807) is 11.3 Å². The number of amides is 1. The molecule has 5 nitrogen and oxygen atoms in total. The lowest BCUT2D eigenvalue weighted by Gasteiger charge is -2.30. The van der Waals surface area contributed by atoms with Crippen LogP contribution in [-0.4, -0.2) is 50.2 Å². The van der Waals surface area contributed by atoms with Gasteiger partial charge in [-0.25, -0.2) is 0 Å². The van der Waals surface area contributed by atoms with Gasteiger partial charge in [0.2, 0.25) is 5.91 Å². The monoisotopic (exact) mass is 283 g/mol. The molecular formula is C13H21N3O2S. The highest BCUT2D eigenvalue weighted by atomic mass is 32.1. The lowest BCUT2D eigenvalue weighted by Crippen LogP contribution is -2.44. The van der Waals surface area contributed by atoms with Crippen molar-refractivity contribution in [2.75, 3.05) is 38.6 Å². The molecule has 1 amide bonds. The smallest absolute Gasteiger partial charge is 0.221 e. The van der Waals surface area contributed by atoms with E-state index >= 15 is 0 Å². The summed E-state index contributed by atoms with van der Waals surface area (Å²) in [5.41, 5.74) is 0.909. The number of likely N-dealkylation sites (N-methyl/N-ethyl adjacent to an activating group) is 1. The van der Waals surface area contributed by atoms with Crippen LogP contribution in [0.2, 0.25) is 0 Å². The van der Waals surface area contributed by atoms with E-state index in [-0.39, 0.29) is 12.0 Å². The third kappa shape index (κ3) is 4.58. The molecule has 19 heavy (non-hydrogen) atoms. The van der Waals surface area contributed by atoms with E-state index in [4.69, 9.17) is 4.74 Å². The Morgan fingerprint density at radius 1 is 1.63 bits per heavy atom. The fraction of sp³-hybridized carbons (Fsp3) is 0.615. The molecule has 1 aromatic rings. The molecule has 2 rings (SSSR count). The Morgan fingerprint density at radius 3 is 3.21 bits per heavy atom. The second kappa shape index (κ2) is 7.00. The summed E-state index contributed by atoms with van der Waals surface area (Å²) in [7, 11) is 2.11. The van der Waals surface area contributed by atoms with Crippen molar-refractivity contribution in [3.05, 3.63) is 16.3 Å². The number of morpholine rings is 1. The van der Waals surface area contributed by atoms with Crippen LogP contribution in [0.15, 0.2) is 11.4 Å². The quantitative estimate of drug-likeness (QED) is 0.850. The van der Waals surface area contributed by atoms with Crippen LogP contribution >= 0.6 is 11.3 Å². The zero-order valence-electron chi connectivity index (χ0n) is 11.4. The molecule has 1 unspecified atom stereocenters. The first kappa shape index (κ1) is 14.5. The summed E-state index contributed by atoms with van der Waals surface area (Å²) in [5, 5.41) is 8.23. The van der Waals surface area contributed by atoms with Crippen LogP contribution < -0.4 is 10.6 Å². The molecule has 1 atom stereocenters. The zero-order valence-corrected chi connectivity index (χ0v) is 12.3. The van der Waals surface area contributed by atoms with Crippen molar-refractivity contribution >= 4 is 22.9 Å². The first-order chi connectivity index (χ1) is 9.15. The maximum Gasteiger partial charge on any atom is 0.221 e. The molecule has 1 fully saturated rings. The van der Waals surface area contributed by atoms with Gasteiger partial charge in [0, 0.05) is 38.0 Å². The van der Waals surface area contributed by atoms with Crippen molar-refractivity contribution in [2.45, 2.75) is 19.6 Å². The summed E-state index contributed by atoms with van der Waals surface area (Å²) in [5.74, 6) is -0.0307. The maximum atomic E-state index is 11.1. The van der Waals surface area contributed by atoms with Crippen LogP contribution in [0, 0.1) is 0 Å². The zero-order chi connectivity index (χ0) is 13.7. The van der Waals surface area contributed by atoms with E-state index in [1.807, 2.05) is 11.4 Å². The topological polar surface area (TPSA) is 53.6 Å². The minimum atomic E-state index is -0.0307. The Bertz CT molecular complexity index is 422. The number of ether oxygens (including phenoxy) is 1. The normalized spacial score (nSPS) is 20.4. The number of hydrogen-bond acceptors (Lipinski definition) is 5. The fourth-order valence-electron chi connectivity index (χ4n) is 2.12. The highest BCUT2D eigenvalue weighted by molar-refractivity contribution is 7.10. The first-order valence-corrected chi connectivity index (χ1v) is 7.38. The van der Waals surface area contributed by atoms with Gasteiger partial charge in [-0.3, -0.25) is 4.79 Å². The van der Waals surface area contributed by atoms with Crippen LogP contribution in [0.1, 0.15) is 11.8 Å². The Labute approximate surface area is 117 Å². The van der Waals surface area contributed by atoms with Gasteiger partial charge in [-0.15, -0.1) is 11.3 Å². The number of carbonyl (C=O) groups excluding carboxylic acids is 1. The maximum absolute atomic E-state index is 11.1. The van der Waals surface area contributed by atoms with Crippen LogP contribution in [0.4, 0.5) is 5.69 Å². The van der Waals surface area contributed by atoms with Crippen LogP contribution in [-0.2, 0) is 16.1 Å². The molecule has 1 aliphatic rings. The molecule has 2 heterocycles. The second-order valence-electron chi connectivity index (χ2n) is 4.82. The summed E-state index contributed by atoms with van der Waals surface area (Å²) in [6.45, 7) is 5.91. The van der Waals surface area contributed by atoms with Gasteiger partial charge in [0.05, 0.1) is 18.4 Å². The summed E-state index contributed by atoms with van der Waals surface area (Å²) in [6.07, 6.45) is 0.253. The minimum Gasteiger partial charge on any atom is -0.374 e. The number of carbonyl (C=O) groups is 1. The standard InChI is InChI=1S/C13H21N3O2S/c1-10(17)15-12-3-6-19-13(12)8-14-7-11-9-16(2)4-5-18-11/h3,6,11,14H,4-5,7-9H2,1-2H3,(H,15,17). The van der Waals surface area contributed by atoms with Gasteiger partial charge in [0.25, 0.3) is 0 Å². The van der Waals surface area contributed by atoms with Gasteiger partial charge in [-0.1, -0.05) is 0 Å². The fourth-order valence-corrected chi connectivity index (χ4v) is 2.92. The lowest BCUT2D eigenvalue weighted by molar-refractivity contribution is -0.114. The van der Waals surface area contributed by atoms with Crippen LogP contribution in [0.25, 0.3) is 0 Å². The Morgan fingerprint density at radius 2 is 2.47 bits per heavy atom. The van der Waals surface area contributed by atoms with Crippen molar-refractivity contribution in [1.82, 2.24) is 10.2 Å². The van der Waals surface area contributed by atoms with Crippen molar-refractivity contribution in [3.8, 4) is 0 Å². The Balaban J connectivity index is 1.76. The summed E-state index contributed by atoms with van der Waals surface area (Å²) in [6, 6.07) is 1.94. The van der Waals surface area contributed by atoms with E-state index in [0.717, 1.165) is 43.4 Å². The molecule has 1 aromatic heterocycles. The predicted molar refractivity (Wildman–Crippen MR) is 77.6 cm³/mol. The molecule has 2 N–H and O–H groups in total. The minimum absolute atomic E-state index is 0.0307. The van der Waals surface area contributed by atoms with Gasteiger partial charge < -0.3 is 20.3 Å². The SMILES string of the molecule is CC(=O)Nc1ccsc1CNCC1CN(C)CCO1. The largest absolute Gasteiger partial charge is 0.374 e. The molecule has 1 aliphatic heterocycles. The van der Waals surface area contributed by atoms with Gasteiger partial charge >= 0.3 is 0 Å². The average molecular weight is 283 g/mol. The number of thiophene rings is 1. The molecule has 1 saturated heterocycles. The second-order valence-corrected chi connectivity index (χ2v) is 5.83. The lowest BCUT2D eigenvalue weighted by atomic mass is 10.3. The van der Waals surface area contributed by atoms with Crippen molar-refractivity contribution in [3.63, 3.8) is 0 Å². The molecule has 0 saturated carbocycles. The van der Waals surface area contributed by atoms with E-state index < -0.39 is 0 Å². The van der Waals surface area contributed by atoms with E-state index in [1.165, 1.54) is 6.92 Å². The molecular weight excluding hydrogens is 262 g/mol. The molecule has 0 radical (unpaired) electrons. The first-order valence-electron chi connectivity index (χ1n) is 6.50. The number of nitrogens with zero attached hydrogens (tertiary/aromatic N) is 1. The van der Waals surface area contributed by atoms with Crippen molar-refractivity contribution in [2.24, 2.45) is 0 Å². The third-order valence-corrected chi connectivity index (χ3v) is 3.98. The number of nitrogens with one attached hydrogen (secondary N) is 2. The van der Waals surface area contributed by atoms with Gasteiger partial charge in [-0.2, -0.15) is 0 Å². The molecule has 0 aromatic carbocycles. The molecule has 0 aliphatic carbocycles. The summed E-state index contributed by atoms with van der Waals surface area (Å²) < 4.78 is 5.69. The van der Waals surface area contributed by atoms with E-state index in [9.17, 15) is 4.79 Å². The average Bonchev–Trinajstić information content (AvgIpc) is 2.76. The number of anilines is 1. The molecule has 6 heteroatoms. The summed E-state index contributed by atoms with van der Waals surface area (Å²) in [4.78, 5) is 14.5. The number of hydrogen-bond donors (Lipinski definition) is 2. The predicted octanol–water partition coefficient (Wildman–Crippen LogP) is 1.13. The molecule has 106 valence electrons. The third-order valence-electron chi connectivity index (χ3n) is 3.06. The van der Waals surface area contributed by atoms with E-state index in [2.05, 4.69) is 22.6 Å². The molecule has 0 spiro atoms. The van der Waals surface area contributed by atoms with Crippen molar-refractivity contribution in [1.29, 1.82) is 0 Å². The van der Waals surface area contributed by atoms with Gasteiger partial charge in [-0.05, 0) is 18.5 Å². The van der Waals surface area contributed by atoms with Gasteiger partial charge in [0.1, 0.15) is 0 Å². The highest BCUT2D eigenvalue weighted by Gasteiger charge is 2.17. The number of rotatable bonds is 5. The summed E-state index contributed by atoms with van der Waals surface area (Å²) >= 11 is 1.65. The molecule has 0 bridgehead atoms. The highest BCUT2D eigenvalue weighted by Crippen LogP contribution is 2.21. The van der Waals surface area contributed by atoms with Gasteiger partial charge in [0.15, 0.2) is 0 Å². The van der Waals surface area contributed by atoms with Crippen LogP contribution in [0.5, 0.6) is 0 Å². The Kier molecular flexibility index (Phi) is 5.33. The van der Waals surface area contributed by atoms with E-state index in [0.29, 0.717) is 0 Å².